The van der Waals surface area contributed by atoms with Crippen molar-refractivity contribution in [1.29, 1.82) is 0 Å². The Bertz CT molecular complexity index is 969. The first kappa shape index (κ1) is 21.0. The Balaban J connectivity index is 1.87. The summed E-state index contributed by atoms with van der Waals surface area (Å²) in [5, 5.41) is 0.834. The van der Waals surface area contributed by atoms with Crippen molar-refractivity contribution < 1.29 is 17.8 Å². The second kappa shape index (κ2) is 8.37. The molecule has 0 aliphatic carbocycles. The van der Waals surface area contributed by atoms with Crippen LogP contribution in [-0.2, 0) is 15.5 Å². The van der Waals surface area contributed by atoms with Gasteiger partial charge >= 0.3 is 0 Å². The lowest BCUT2D eigenvalue weighted by molar-refractivity contribution is 0.0776. The summed E-state index contributed by atoms with van der Waals surface area (Å²) in [6, 6.07) is 10.5. The molecule has 1 aromatic heterocycles. The van der Waals surface area contributed by atoms with Crippen molar-refractivity contribution in [1.82, 2.24) is 9.88 Å². The molecule has 0 spiro atoms. The molecule has 2 heterocycles. The van der Waals surface area contributed by atoms with Gasteiger partial charge < -0.3 is 4.90 Å². The van der Waals surface area contributed by atoms with Crippen LogP contribution >= 0.6 is 23.2 Å². The first-order valence-corrected chi connectivity index (χ1v) is 11.2. The van der Waals surface area contributed by atoms with Gasteiger partial charge in [0.2, 0.25) is 0 Å². The highest BCUT2D eigenvalue weighted by molar-refractivity contribution is 7.85. The topological polar surface area (TPSA) is 87.6 Å². The smallest absolute Gasteiger partial charge is 0.272 e. The summed E-state index contributed by atoms with van der Waals surface area (Å²) < 4.78 is 31.4. The van der Waals surface area contributed by atoms with Crippen LogP contribution in [0.4, 0.5) is 0 Å². The molecule has 150 valence electrons. The molecule has 1 N–H and O–H groups in total. The Hall–Kier alpha value is -1.67. The van der Waals surface area contributed by atoms with Crippen LogP contribution in [0.3, 0.4) is 0 Å². The molecule has 1 aliphatic rings. The number of benzene rings is 1. The largest absolute Gasteiger partial charge is 0.336 e. The molecule has 28 heavy (non-hydrogen) atoms. The molecular formula is C19H20Cl2N2O4S. The maximum Gasteiger partial charge on any atom is 0.272 e. The third-order valence-electron chi connectivity index (χ3n) is 5.11. The van der Waals surface area contributed by atoms with Crippen LogP contribution in [0.1, 0.15) is 35.3 Å². The van der Waals surface area contributed by atoms with Crippen molar-refractivity contribution in [3.8, 4) is 0 Å². The van der Waals surface area contributed by atoms with Crippen LogP contribution in [0.25, 0.3) is 0 Å². The summed E-state index contributed by atoms with van der Waals surface area (Å²) in [4.78, 5) is 18.6. The molecule has 0 radical (unpaired) electrons. The Morgan fingerprint density at radius 1 is 1.21 bits per heavy atom. The molecular weight excluding hydrogens is 423 g/mol. The van der Waals surface area contributed by atoms with E-state index >= 15 is 0 Å². The van der Waals surface area contributed by atoms with Gasteiger partial charge in [-0.15, -0.1) is 0 Å². The molecule has 3 rings (SSSR count). The summed E-state index contributed by atoms with van der Waals surface area (Å²) in [5.41, 5.74) is 0.794. The Morgan fingerprint density at radius 3 is 2.64 bits per heavy atom. The van der Waals surface area contributed by atoms with Gasteiger partial charge in [0.15, 0.2) is 0 Å². The number of likely N-dealkylation sites (tertiary alicyclic amines) is 1. The van der Waals surface area contributed by atoms with Gasteiger partial charge in [0, 0.05) is 24.7 Å². The molecule has 1 aliphatic heterocycles. The molecule has 0 saturated carbocycles. The van der Waals surface area contributed by atoms with Crippen molar-refractivity contribution in [2.45, 2.75) is 24.7 Å². The molecule has 1 unspecified atom stereocenters. The summed E-state index contributed by atoms with van der Waals surface area (Å²) >= 11 is 12.2. The summed E-state index contributed by atoms with van der Waals surface area (Å²) in [6.07, 6.45) is 2.97. The zero-order valence-electron chi connectivity index (χ0n) is 15.0. The Kier molecular flexibility index (Phi) is 6.29. The minimum atomic E-state index is -4.05. The number of amides is 1. The van der Waals surface area contributed by atoms with Gasteiger partial charge in [-0.25, -0.2) is 0 Å². The molecule has 1 atom stereocenters. The fraction of sp³-hybridized carbons (Fsp3) is 0.368. The van der Waals surface area contributed by atoms with Gasteiger partial charge in [0.25, 0.3) is 16.0 Å². The van der Waals surface area contributed by atoms with Gasteiger partial charge in [-0.2, -0.15) is 8.42 Å². The maximum absolute atomic E-state index is 12.8. The van der Waals surface area contributed by atoms with E-state index in [0.717, 1.165) is 5.56 Å². The number of carbonyl (C=O) groups excluding carboxylic acids is 1. The molecule has 1 aromatic carbocycles. The van der Waals surface area contributed by atoms with Crippen molar-refractivity contribution in [2.75, 3.05) is 18.8 Å². The molecule has 1 amide bonds. The molecule has 6 nitrogen and oxygen atoms in total. The van der Waals surface area contributed by atoms with Gasteiger partial charge in [0.1, 0.15) is 5.69 Å². The van der Waals surface area contributed by atoms with E-state index in [1.165, 1.54) is 0 Å². The minimum Gasteiger partial charge on any atom is -0.336 e. The highest BCUT2D eigenvalue weighted by Gasteiger charge is 2.41. The van der Waals surface area contributed by atoms with Crippen LogP contribution in [0.2, 0.25) is 10.0 Å². The summed E-state index contributed by atoms with van der Waals surface area (Å²) in [6.45, 7) is 0.924. The van der Waals surface area contributed by atoms with Crippen molar-refractivity contribution >= 4 is 39.2 Å². The molecule has 0 bridgehead atoms. The highest BCUT2D eigenvalue weighted by atomic mass is 35.5. The van der Waals surface area contributed by atoms with E-state index in [4.69, 9.17) is 27.8 Å². The third-order valence-corrected chi connectivity index (χ3v) is 6.66. The number of rotatable bonds is 6. The summed E-state index contributed by atoms with van der Waals surface area (Å²) in [5.74, 6) is -0.498. The van der Waals surface area contributed by atoms with Crippen LogP contribution in [-0.4, -0.2) is 47.6 Å². The standard InChI is InChI=1S/C19H20Cl2N2O4S/c20-15-6-5-14(12-16(15)21)19(7-3-11-28(25,26)27)8-10-23(13-19)18(24)17-4-1-2-9-22-17/h1-2,4-6,9,12H,3,7-8,10-11,13H2,(H,25,26,27). The normalized spacial score (nSPS) is 19.8. The number of aromatic nitrogens is 1. The quantitative estimate of drug-likeness (QED) is 0.686. The number of halogens is 2. The Morgan fingerprint density at radius 2 is 2.00 bits per heavy atom. The predicted molar refractivity (Wildman–Crippen MR) is 109 cm³/mol. The molecule has 2 aromatic rings. The number of carbonyl (C=O) groups is 1. The van der Waals surface area contributed by atoms with Crippen molar-refractivity contribution in [3.05, 3.63) is 63.9 Å². The lowest BCUT2D eigenvalue weighted by Crippen LogP contribution is -2.35. The number of nitrogens with zero attached hydrogens (tertiary/aromatic N) is 2. The van der Waals surface area contributed by atoms with E-state index in [-0.39, 0.29) is 18.1 Å². The van der Waals surface area contributed by atoms with Gasteiger partial charge in [-0.05, 0) is 49.1 Å². The minimum absolute atomic E-state index is 0.169. The maximum atomic E-state index is 12.8. The van der Waals surface area contributed by atoms with Gasteiger partial charge in [0.05, 0.1) is 15.8 Å². The third kappa shape index (κ3) is 4.84. The predicted octanol–water partition coefficient (Wildman–Crippen LogP) is 3.84. The molecule has 9 heteroatoms. The lowest BCUT2D eigenvalue weighted by Gasteiger charge is -2.30. The lowest BCUT2D eigenvalue weighted by atomic mass is 9.76. The fourth-order valence-corrected chi connectivity index (χ4v) is 4.51. The highest BCUT2D eigenvalue weighted by Crippen LogP contribution is 2.41. The van der Waals surface area contributed by atoms with Crippen molar-refractivity contribution in [3.63, 3.8) is 0 Å². The van der Waals surface area contributed by atoms with E-state index in [9.17, 15) is 13.2 Å². The summed E-state index contributed by atoms with van der Waals surface area (Å²) in [7, 11) is -4.05. The zero-order valence-corrected chi connectivity index (χ0v) is 17.3. The molecule has 1 fully saturated rings. The Labute approximate surface area is 174 Å². The second-order valence-corrected chi connectivity index (χ2v) is 9.38. The number of pyridine rings is 1. The monoisotopic (exact) mass is 442 g/mol. The number of hydrogen-bond acceptors (Lipinski definition) is 4. The van der Waals surface area contributed by atoms with Crippen LogP contribution in [0.15, 0.2) is 42.6 Å². The van der Waals surface area contributed by atoms with E-state index in [1.54, 1.807) is 41.4 Å². The average Bonchev–Trinajstić information content (AvgIpc) is 3.08. The first-order valence-electron chi connectivity index (χ1n) is 8.81. The van der Waals surface area contributed by atoms with Crippen LogP contribution in [0, 0.1) is 0 Å². The van der Waals surface area contributed by atoms with Gasteiger partial charge in [-0.3, -0.25) is 14.3 Å². The number of hydrogen-bond donors (Lipinski definition) is 1. The van der Waals surface area contributed by atoms with E-state index in [2.05, 4.69) is 4.98 Å². The zero-order chi connectivity index (χ0) is 20.4. The second-order valence-electron chi connectivity index (χ2n) is 6.99. The first-order chi connectivity index (χ1) is 13.2. The molecule has 1 saturated heterocycles. The van der Waals surface area contributed by atoms with E-state index in [0.29, 0.717) is 41.7 Å². The SMILES string of the molecule is O=C(c1ccccn1)N1CCC(CCCS(=O)(=O)O)(c2ccc(Cl)c(Cl)c2)C1. The van der Waals surface area contributed by atoms with Crippen molar-refractivity contribution in [2.24, 2.45) is 0 Å². The van der Waals surface area contributed by atoms with Crippen LogP contribution < -0.4 is 0 Å². The van der Waals surface area contributed by atoms with Gasteiger partial charge in [-0.1, -0.05) is 35.3 Å². The average molecular weight is 443 g/mol. The van der Waals surface area contributed by atoms with E-state index < -0.39 is 15.5 Å². The fourth-order valence-electron chi connectivity index (χ4n) is 3.70. The van der Waals surface area contributed by atoms with Crippen LogP contribution in [0.5, 0.6) is 0 Å². The van der Waals surface area contributed by atoms with E-state index in [1.807, 2.05) is 6.07 Å².